The van der Waals surface area contributed by atoms with Gasteiger partial charge in [-0.2, -0.15) is 0 Å². The number of benzene rings is 1. The van der Waals surface area contributed by atoms with E-state index in [1.165, 1.54) is 16.7 Å². The molecule has 1 unspecified atom stereocenters. The van der Waals surface area contributed by atoms with Crippen molar-refractivity contribution in [3.63, 3.8) is 0 Å². The van der Waals surface area contributed by atoms with Crippen molar-refractivity contribution in [1.82, 2.24) is 10.1 Å². The Balaban J connectivity index is 1.61. The van der Waals surface area contributed by atoms with Crippen molar-refractivity contribution in [1.29, 1.82) is 0 Å². The lowest BCUT2D eigenvalue weighted by Gasteiger charge is -2.51. The highest BCUT2D eigenvalue weighted by Gasteiger charge is 2.69. The van der Waals surface area contributed by atoms with Crippen molar-refractivity contribution in [3.8, 4) is 0 Å². The van der Waals surface area contributed by atoms with E-state index >= 15 is 0 Å². The van der Waals surface area contributed by atoms with Gasteiger partial charge in [-0.05, 0) is 39.3 Å². The Bertz CT molecular complexity index is 1000. The molecule has 7 nitrogen and oxygen atoms in total. The topological polar surface area (TPSA) is 95.7 Å². The molecule has 8 heteroatoms. The van der Waals surface area contributed by atoms with Crippen molar-refractivity contribution < 1.29 is 19.2 Å². The first-order valence-corrected chi connectivity index (χ1v) is 10.2. The molecule has 1 amide bonds. The number of carboxylic acids is 1. The molecule has 29 heavy (non-hydrogen) atoms. The summed E-state index contributed by atoms with van der Waals surface area (Å²) in [4.78, 5) is 26.2. The van der Waals surface area contributed by atoms with E-state index in [0.717, 1.165) is 5.56 Å². The molecule has 2 aliphatic rings. The second kappa shape index (κ2) is 6.66. The van der Waals surface area contributed by atoms with Crippen LogP contribution in [0.1, 0.15) is 37.8 Å². The summed E-state index contributed by atoms with van der Waals surface area (Å²) in [7, 11) is 0. The molecule has 2 saturated heterocycles. The standard InChI is InChI=1S/C21H23N3O4S/c1-12-15(14(28-23-12)11-10-13-8-6-5-7-9-13)22-21(4)18(27)24-16(17(25)26)20(2,3)29-19(21)24/h5-11,16,19,22H,1-4H3,(H,25,26)/b11-10+/t16-,19+,21?/m0/s1. The predicted octanol–water partition coefficient (Wildman–Crippen LogP) is 3.47. The third kappa shape index (κ3) is 3.02. The van der Waals surface area contributed by atoms with Gasteiger partial charge in [0.25, 0.3) is 5.91 Å². The maximum Gasteiger partial charge on any atom is 0.327 e. The summed E-state index contributed by atoms with van der Waals surface area (Å²) in [6.45, 7) is 7.34. The number of β-lactam (4-membered cyclic amide) rings is 1. The number of carbonyl (C=O) groups excluding carboxylic acids is 1. The van der Waals surface area contributed by atoms with Gasteiger partial charge < -0.3 is 19.8 Å². The number of carboxylic acid groups (broad SMARTS) is 1. The van der Waals surface area contributed by atoms with E-state index in [1.807, 2.05) is 63.3 Å². The number of fused-ring (bicyclic) bond motifs is 1. The van der Waals surface area contributed by atoms with E-state index in [4.69, 9.17) is 4.52 Å². The summed E-state index contributed by atoms with van der Waals surface area (Å²) in [5.74, 6) is -0.685. The first-order chi connectivity index (χ1) is 13.6. The van der Waals surface area contributed by atoms with Crippen LogP contribution in [0, 0.1) is 6.92 Å². The third-order valence-corrected chi connectivity index (χ3v) is 7.26. The van der Waals surface area contributed by atoms with Gasteiger partial charge >= 0.3 is 5.97 Å². The normalized spacial score (nSPS) is 27.7. The van der Waals surface area contributed by atoms with Gasteiger partial charge in [0.1, 0.15) is 28.3 Å². The van der Waals surface area contributed by atoms with Crippen LogP contribution < -0.4 is 5.32 Å². The van der Waals surface area contributed by atoms with Gasteiger partial charge in [-0.3, -0.25) is 4.79 Å². The molecule has 0 aliphatic carbocycles. The summed E-state index contributed by atoms with van der Waals surface area (Å²) in [5, 5.41) is 16.7. The molecule has 152 valence electrons. The largest absolute Gasteiger partial charge is 0.480 e. The molecular formula is C21H23N3O4S. The van der Waals surface area contributed by atoms with Crippen LogP contribution in [0.25, 0.3) is 12.2 Å². The second-order valence-corrected chi connectivity index (χ2v) is 9.84. The van der Waals surface area contributed by atoms with E-state index < -0.39 is 22.3 Å². The average Bonchev–Trinajstić information content (AvgIpc) is 3.16. The number of aromatic nitrogens is 1. The number of carbonyl (C=O) groups is 2. The second-order valence-electron chi connectivity index (χ2n) is 8.11. The third-order valence-electron chi connectivity index (χ3n) is 5.51. The van der Waals surface area contributed by atoms with Crippen LogP contribution in [0.15, 0.2) is 34.9 Å². The van der Waals surface area contributed by atoms with Crippen LogP contribution in [0.4, 0.5) is 5.69 Å². The Morgan fingerprint density at radius 1 is 1.28 bits per heavy atom. The Kier molecular flexibility index (Phi) is 4.49. The van der Waals surface area contributed by atoms with Gasteiger partial charge in [-0.1, -0.05) is 41.6 Å². The van der Waals surface area contributed by atoms with E-state index in [1.54, 1.807) is 6.92 Å². The molecule has 2 aromatic rings. The Hall–Kier alpha value is -2.74. The molecule has 1 aromatic heterocycles. The van der Waals surface area contributed by atoms with E-state index in [-0.39, 0.29) is 11.3 Å². The minimum Gasteiger partial charge on any atom is -0.480 e. The summed E-state index contributed by atoms with van der Waals surface area (Å²) in [5.41, 5.74) is 1.37. The van der Waals surface area contributed by atoms with E-state index in [0.29, 0.717) is 17.1 Å². The van der Waals surface area contributed by atoms with Crippen molar-refractivity contribution in [2.75, 3.05) is 5.32 Å². The summed E-state index contributed by atoms with van der Waals surface area (Å²) >= 11 is 1.50. The zero-order valence-corrected chi connectivity index (χ0v) is 17.5. The van der Waals surface area contributed by atoms with Crippen molar-refractivity contribution in [2.24, 2.45) is 0 Å². The van der Waals surface area contributed by atoms with Crippen LogP contribution in [-0.4, -0.2) is 48.7 Å². The van der Waals surface area contributed by atoms with Crippen molar-refractivity contribution >= 4 is 41.5 Å². The summed E-state index contributed by atoms with van der Waals surface area (Å²) < 4.78 is 4.88. The number of amides is 1. The predicted molar refractivity (Wildman–Crippen MR) is 112 cm³/mol. The van der Waals surface area contributed by atoms with Gasteiger partial charge in [0.2, 0.25) is 0 Å². The van der Waals surface area contributed by atoms with Gasteiger partial charge in [0.15, 0.2) is 5.76 Å². The quantitative estimate of drug-likeness (QED) is 0.725. The van der Waals surface area contributed by atoms with Gasteiger partial charge in [0, 0.05) is 4.75 Å². The van der Waals surface area contributed by atoms with Crippen molar-refractivity contribution in [3.05, 3.63) is 47.3 Å². The van der Waals surface area contributed by atoms with Gasteiger partial charge in [0.05, 0.1) is 0 Å². The molecule has 0 saturated carbocycles. The number of rotatable bonds is 5. The fraction of sp³-hybridized carbons (Fsp3) is 0.381. The molecule has 0 bridgehead atoms. The van der Waals surface area contributed by atoms with Crippen LogP contribution in [-0.2, 0) is 9.59 Å². The Morgan fingerprint density at radius 2 is 1.97 bits per heavy atom. The zero-order chi connectivity index (χ0) is 21.0. The summed E-state index contributed by atoms with van der Waals surface area (Å²) in [6, 6.07) is 8.95. The number of aliphatic carboxylic acids is 1. The molecule has 4 rings (SSSR count). The first kappa shape index (κ1) is 19.6. The van der Waals surface area contributed by atoms with E-state index in [9.17, 15) is 14.7 Å². The Labute approximate surface area is 173 Å². The summed E-state index contributed by atoms with van der Waals surface area (Å²) in [6.07, 6.45) is 3.73. The highest BCUT2D eigenvalue weighted by Crippen LogP contribution is 2.55. The number of thioether (sulfide) groups is 1. The monoisotopic (exact) mass is 413 g/mol. The fourth-order valence-electron chi connectivity index (χ4n) is 3.99. The number of hydrogen-bond acceptors (Lipinski definition) is 6. The SMILES string of the molecule is Cc1noc(/C=C/c2ccccc2)c1NC1(C)C(=O)N2[C@@H](C(=O)O)C(C)(C)S[C@@H]21. The molecule has 3 atom stereocenters. The smallest absolute Gasteiger partial charge is 0.327 e. The number of aryl methyl sites for hydroxylation is 1. The molecule has 0 radical (unpaired) electrons. The van der Waals surface area contributed by atoms with E-state index in [2.05, 4.69) is 10.5 Å². The Morgan fingerprint density at radius 3 is 2.62 bits per heavy atom. The number of anilines is 1. The van der Waals surface area contributed by atoms with Gasteiger partial charge in [-0.15, -0.1) is 11.8 Å². The highest BCUT2D eigenvalue weighted by atomic mass is 32.2. The molecule has 2 fully saturated rings. The maximum absolute atomic E-state index is 13.0. The van der Waals surface area contributed by atoms with Crippen LogP contribution in [0.2, 0.25) is 0 Å². The number of nitrogens with zero attached hydrogens (tertiary/aromatic N) is 2. The minimum absolute atomic E-state index is 0.230. The fourth-order valence-corrected chi connectivity index (χ4v) is 5.63. The lowest BCUT2D eigenvalue weighted by Crippen LogP contribution is -2.75. The molecule has 1 aromatic carbocycles. The molecular weight excluding hydrogens is 390 g/mol. The molecule has 3 heterocycles. The first-order valence-electron chi connectivity index (χ1n) is 9.36. The maximum atomic E-state index is 13.0. The van der Waals surface area contributed by atoms with Gasteiger partial charge in [-0.25, -0.2) is 4.79 Å². The minimum atomic E-state index is -0.979. The molecule has 2 N–H and O–H groups in total. The molecule has 0 spiro atoms. The number of hydrogen-bond donors (Lipinski definition) is 2. The lowest BCUT2D eigenvalue weighted by atomic mass is 9.86. The highest BCUT2D eigenvalue weighted by molar-refractivity contribution is 8.01. The average molecular weight is 413 g/mol. The van der Waals surface area contributed by atoms with Crippen molar-refractivity contribution in [2.45, 2.75) is 49.4 Å². The number of nitrogens with one attached hydrogen (secondary N) is 1. The lowest BCUT2D eigenvalue weighted by molar-refractivity contribution is -0.163. The van der Waals surface area contributed by atoms with Crippen LogP contribution >= 0.6 is 11.8 Å². The zero-order valence-electron chi connectivity index (χ0n) is 16.7. The van der Waals surface area contributed by atoms with Crippen LogP contribution in [0.3, 0.4) is 0 Å². The van der Waals surface area contributed by atoms with Crippen LogP contribution in [0.5, 0.6) is 0 Å². The molecule has 2 aliphatic heterocycles.